The van der Waals surface area contributed by atoms with Crippen LogP contribution in [0.3, 0.4) is 0 Å². The van der Waals surface area contributed by atoms with E-state index in [9.17, 15) is 4.79 Å². The van der Waals surface area contributed by atoms with Gasteiger partial charge in [0.15, 0.2) is 10.9 Å². The monoisotopic (exact) mass is 382 g/mol. The van der Waals surface area contributed by atoms with Crippen molar-refractivity contribution in [3.8, 4) is 10.6 Å². The van der Waals surface area contributed by atoms with Crippen LogP contribution in [0.5, 0.6) is 0 Å². The van der Waals surface area contributed by atoms with E-state index in [0.717, 1.165) is 22.6 Å². The molecular formula is C21H22N2OS2. The summed E-state index contributed by atoms with van der Waals surface area (Å²) in [6.07, 6.45) is 6.52. The predicted octanol–water partition coefficient (Wildman–Crippen LogP) is 5.91. The van der Waals surface area contributed by atoms with Crippen molar-refractivity contribution in [3.05, 3.63) is 65.2 Å². The lowest BCUT2D eigenvalue weighted by atomic mass is 10.0. The van der Waals surface area contributed by atoms with Crippen LogP contribution in [0.4, 0.5) is 0 Å². The fourth-order valence-corrected chi connectivity index (χ4v) is 4.04. The number of nitrogens with zero attached hydrogens (tertiary/aromatic N) is 2. The Morgan fingerprint density at radius 2 is 1.96 bits per heavy atom. The fourth-order valence-electron chi connectivity index (χ4n) is 2.62. The molecule has 0 unspecified atom stereocenters. The Morgan fingerprint density at radius 3 is 2.69 bits per heavy atom. The first-order chi connectivity index (χ1) is 12.8. The summed E-state index contributed by atoms with van der Waals surface area (Å²) >= 11 is 3.04. The molecule has 0 spiro atoms. The zero-order valence-electron chi connectivity index (χ0n) is 14.9. The number of aromatic nitrogens is 2. The van der Waals surface area contributed by atoms with Crippen molar-refractivity contribution < 1.29 is 4.79 Å². The molecule has 0 aliphatic carbocycles. The Hall–Kier alpha value is -1.98. The normalized spacial score (nSPS) is 10.8. The molecular weight excluding hydrogens is 360 g/mol. The predicted molar refractivity (Wildman–Crippen MR) is 110 cm³/mol. The molecule has 3 rings (SSSR count). The summed E-state index contributed by atoms with van der Waals surface area (Å²) in [7, 11) is 0. The molecule has 0 saturated heterocycles. The molecule has 0 amide bonds. The molecule has 0 bridgehead atoms. The molecule has 0 atom stereocenters. The van der Waals surface area contributed by atoms with Gasteiger partial charge >= 0.3 is 0 Å². The lowest BCUT2D eigenvalue weighted by Crippen LogP contribution is -2.03. The third-order valence-electron chi connectivity index (χ3n) is 4.08. The highest BCUT2D eigenvalue weighted by atomic mass is 32.2. The van der Waals surface area contributed by atoms with Gasteiger partial charge < -0.3 is 0 Å². The fraction of sp³-hybridized carbons (Fsp3) is 0.286. The van der Waals surface area contributed by atoms with Crippen molar-refractivity contribution in [1.82, 2.24) is 9.97 Å². The maximum absolute atomic E-state index is 12.4. The summed E-state index contributed by atoms with van der Waals surface area (Å²) in [5.41, 5.74) is 2.96. The van der Waals surface area contributed by atoms with Gasteiger partial charge in [-0.2, -0.15) is 0 Å². The maximum atomic E-state index is 12.4. The number of hydrogen-bond donors (Lipinski definition) is 0. The summed E-state index contributed by atoms with van der Waals surface area (Å²) in [5.74, 6) is 0.462. The Bertz CT molecular complexity index is 829. The molecule has 1 aromatic carbocycles. The van der Waals surface area contributed by atoms with Crippen LogP contribution in [0, 0.1) is 0 Å². The minimum Gasteiger partial charge on any atom is -0.293 e. The highest BCUT2D eigenvalue weighted by Crippen LogP contribution is 2.24. The zero-order chi connectivity index (χ0) is 18.2. The van der Waals surface area contributed by atoms with Gasteiger partial charge in [-0.25, -0.2) is 9.97 Å². The van der Waals surface area contributed by atoms with Crippen LogP contribution in [0.15, 0.2) is 59.2 Å². The minimum absolute atomic E-state index is 0.111. The van der Waals surface area contributed by atoms with Crippen LogP contribution in [0.2, 0.25) is 0 Å². The number of hydrogen-bond acceptors (Lipinski definition) is 5. The van der Waals surface area contributed by atoms with Gasteiger partial charge in [0.1, 0.15) is 0 Å². The highest BCUT2D eigenvalue weighted by Gasteiger charge is 2.09. The number of thioether (sulfide) groups is 1. The summed E-state index contributed by atoms with van der Waals surface area (Å²) in [4.78, 5) is 22.4. The molecule has 0 N–H and O–H groups in total. The van der Waals surface area contributed by atoms with Gasteiger partial charge in [0.2, 0.25) is 0 Å². The molecule has 2 heterocycles. The molecule has 26 heavy (non-hydrogen) atoms. The molecule has 2 aromatic heterocycles. The molecule has 3 aromatic rings. The van der Waals surface area contributed by atoms with Gasteiger partial charge in [-0.05, 0) is 35.9 Å². The Kier molecular flexibility index (Phi) is 6.97. The van der Waals surface area contributed by atoms with E-state index in [0.29, 0.717) is 10.9 Å². The third kappa shape index (κ3) is 5.26. The van der Waals surface area contributed by atoms with Crippen LogP contribution in [0.1, 0.15) is 42.1 Å². The molecule has 0 aliphatic heterocycles. The Labute approximate surface area is 162 Å². The van der Waals surface area contributed by atoms with Gasteiger partial charge in [-0.15, -0.1) is 11.3 Å². The number of aryl methyl sites for hydroxylation is 1. The topological polar surface area (TPSA) is 42.9 Å². The van der Waals surface area contributed by atoms with E-state index in [1.807, 2.05) is 35.7 Å². The van der Waals surface area contributed by atoms with Crippen LogP contribution in [-0.4, -0.2) is 21.5 Å². The summed E-state index contributed by atoms with van der Waals surface area (Å²) in [6, 6.07) is 14.0. The Morgan fingerprint density at radius 1 is 1.12 bits per heavy atom. The number of Topliss-reactive ketones (excluding diaryl/α,β-unsaturated/α-hetero) is 1. The van der Waals surface area contributed by atoms with Gasteiger partial charge in [-0.1, -0.05) is 61.9 Å². The number of rotatable bonds is 9. The van der Waals surface area contributed by atoms with Gasteiger partial charge in [0, 0.05) is 11.8 Å². The average molecular weight is 383 g/mol. The van der Waals surface area contributed by atoms with Crippen LogP contribution in [-0.2, 0) is 6.42 Å². The quantitative estimate of drug-likeness (QED) is 0.200. The second kappa shape index (κ2) is 9.64. The SMILES string of the molecule is CCCCCc1ccc(C(=O)CSc2nccc(-c3cccs3)n2)cc1. The number of carbonyl (C=O) groups is 1. The zero-order valence-corrected chi connectivity index (χ0v) is 16.5. The van der Waals surface area contributed by atoms with Crippen LogP contribution in [0.25, 0.3) is 10.6 Å². The van der Waals surface area contributed by atoms with Crippen molar-refractivity contribution in [2.45, 2.75) is 37.8 Å². The first-order valence-corrected chi connectivity index (χ1v) is 10.7. The van der Waals surface area contributed by atoms with E-state index >= 15 is 0 Å². The first-order valence-electron chi connectivity index (χ1n) is 8.88. The van der Waals surface area contributed by atoms with Gasteiger partial charge in [0.05, 0.1) is 16.3 Å². The standard InChI is InChI=1S/C21H22N2OS2/c1-2-3-4-6-16-8-10-17(11-9-16)19(24)15-26-21-22-13-12-18(23-21)20-7-5-14-25-20/h5,7-14H,2-4,6,15H2,1H3. The molecule has 0 saturated carbocycles. The van der Waals surface area contributed by atoms with Gasteiger partial charge in [-0.3, -0.25) is 4.79 Å². The van der Waals surface area contributed by atoms with Crippen molar-refractivity contribution >= 4 is 28.9 Å². The summed E-state index contributed by atoms with van der Waals surface area (Å²) in [5, 5.41) is 2.67. The molecule has 3 nitrogen and oxygen atoms in total. The summed E-state index contributed by atoms with van der Waals surface area (Å²) in [6.45, 7) is 2.21. The number of thiophene rings is 1. The first kappa shape index (κ1) is 18.8. The average Bonchev–Trinajstić information content (AvgIpc) is 3.22. The number of carbonyl (C=O) groups excluding carboxylic acids is 1. The van der Waals surface area contributed by atoms with E-state index in [4.69, 9.17) is 0 Å². The number of unbranched alkanes of at least 4 members (excludes halogenated alkanes) is 2. The van der Waals surface area contributed by atoms with Crippen molar-refractivity contribution in [2.24, 2.45) is 0 Å². The largest absolute Gasteiger partial charge is 0.293 e. The Balaban J connectivity index is 1.56. The van der Waals surface area contributed by atoms with Crippen molar-refractivity contribution in [2.75, 3.05) is 5.75 Å². The second-order valence-electron chi connectivity index (χ2n) is 6.07. The van der Waals surface area contributed by atoms with Crippen LogP contribution < -0.4 is 0 Å². The van der Waals surface area contributed by atoms with E-state index in [2.05, 4.69) is 29.0 Å². The minimum atomic E-state index is 0.111. The smallest absolute Gasteiger partial charge is 0.188 e. The lowest BCUT2D eigenvalue weighted by molar-refractivity contribution is 0.102. The number of benzene rings is 1. The molecule has 0 aliphatic rings. The second-order valence-corrected chi connectivity index (χ2v) is 7.96. The third-order valence-corrected chi connectivity index (χ3v) is 5.84. The van der Waals surface area contributed by atoms with Gasteiger partial charge in [0.25, 0.3) is 0 Å². The maximum Gasteiger partial charge on any atom is 0.188 e. The van der Waals surface area contributed by atoms with E-state index in [1.54, 1.807) is 17.5 Å². The molecule has 0 fully saturated rings. The number of ketones is 1. The highest BCUT2D eigenvalue weighted by molar-refractivity contribution is 7.99. The van der Waals surface area contributed by atoms with E-state index in [1.165, 1.54) is 36.6 Å². The van der Waals surface area contributed by atoms with Crippen molar-refractivity contribution in [3.63, 3.8) is 0 Å². The lowest BCUT2D eigenvalue weighted by Gasteiger charge is -2.04. The van der Waals surface area contributed by atoms with Crippen molar-refractivity contribution in [1.29, 1.82) is 0 Å². The molecule has 134 valence electrons. The van der Waals surface area contributed by atoms with Crippen LogP contribution >= 0.6 is 23.1 Å². The van der Waals surface area contributed by atoms with E-state index < -0.39 is 0 Å². The molecule has 0 radical (unpaired) electrons. The summed E-state index contributed by atoms with van der Waals surface area (Å²) < 4.78 is 0. The molecule has 5 heteroatoms. The van der Waals surface area contributed by atoms with E-state index in [-0.39, 0.29) is 5.78 Å².